The van der Waals surface area contributed by atoms with Crippen molar-refractivity contribution in [2.24, 2.45) is 0 Å². The summed E-state index contributed by atoms with van der Waals surface area (Å²) in [5.41, 5.74) is -0.756. The van der Waals surface area contributed by atoms with Crippen molar-refractivity contribution in [1.29, 1.82) is 5.26 Å². The predicted molar refractivity (Wildman–Crippen MR) is 41.6 cm³/mol. The summed E-state index contributed by atoms with van der Waals surface area (Å²) < 4.78 is 36.8. The quantitative estimate of drug-likeness (QED) is 0.569. The van der Waals surface area contributed by atoms with Crippen LogP contribution in [0.15, 0.2) is 35.5 Å². The highest BCUT2D eigenvalue weighted by Gasteiger charge is 2.36. The molecular weight excluding hydrogens is 179 g/mol. The Bertz CT molecular complexity index is 339. The van der Waals surface area contributed by atoms with E-state index in [0.29, 0.717) is 5.57 Å². The fourth-order valence-electron chi connectivity index (χ4n) is 1.04. The SMILES string of the molecule is C=C1C=CC(C#N)=C(C(F)(F)F)C1. The third-order valence-corrected chi connectivity index (χ3v) is 1.68. The molecule has 4 heteroatoms. The molecule has 0 unspecified atom stereocenters. The molecular formula is C9H6F3N. The highest BCUT2D eigenvalue weighted by Crippen LogP contribution is 2.35. The van der Waals surface area contributed by atoms with E-state index in [4.69, 9.17) is 5.26 Å². The van der Waals surface area contributed by atoms with E-state index in [9.17, 15) is 13.2 Å². The van der Waals surface area contributed by atoms with Gasteiger partial charge in [0.25, 0.3) is 0 Å². The maximum atomic E-state index is 12.3. The second-order valence-corrected chi connectivity index (χ2v) is 2.67. The van der Waals surface area contributed by atoms with Crippen LogP contribution in [-0.4, -0.2) is 6.18 Å². The molecule has 0 aromatic rings. The molecule has 13 heavy (non-hydrogen) atoms. The number of halogens is 3. The van der Waals surface area contributed by atoms with Gasteiger partial charge in [-0.05, 0) is 6.08 Å². The van der Waals surface area contributed by atoms with Crippen LogP contribution in [0.5, 0.6) is 0 Å². The zero-order valence-electron chi connectivity index (χ0n) is 6.65. The van der Waals surface area contributed by atoms with Crippen molar-refractivity contribution in [3.63, 3.8) is 0 Å². The molecule has 1 aliphatic carbocycles. The first-order valence-electron chi connectivity index (χ1n) is 3.51. The van der Waals surface area contributed by atoms with Crippen LogP contribution in [0, 0.1) is 11.3 Å². The molecule has 0 amide bonds. The van der Waals surface area contributed by atoms with Gasteiger partial charge in [0.1, 0.15) is 0 Å². The van der Waals surface area contributed by atoms with E-state index in [0.717, 1.165) is 6.08 Å². The van der Waals surface area contributed by atoms with Crippen LogP contribution in [0.4, 0.5) is 13.2 Å². The van der Waals surface area contributed by atoms with Crippen molar-refractivity contribution in [2.45, 2.75) is 12.6 Å². The van der Waals surface area contributed by atoms with E-state index in [1.165, 1.54) is 12.1 Å². The Kier molecular flexibility index (Phi) is 2.28. The van der Waals surface area contributed by atoms with E-state index in [-0.39, 0.29) is 12.0 Å². The number of nitriles is 1. The molecule has 1 rings (SSSR count). The molecule has 0 N–H and O–H groups in total. The summed E-state index contributed by atoms with van der Waals surface area (Å²) >= 11 is 0. The third-order valence-electron chi connectivity index (χ3n) is 1.68. The molecule has 0 fully saturated rings. The fraction of sp³-hybridized carbons (Fsp3) is 0.222. The summed E-state index contributed by atoms with van der Waals surface area (Å²) in [6.07, 6.45) is -2.15. The minimum atomic E-state index is -4.43. The summed E-state index contributed by atoms with van der Waals surface area (Å²) in [5.74, 6) is 0. The Morgan fingerprint density at radius 1 is 1.38 bits per heavy atom. The predicted octanol–water partition coefficient (Wildman–Crippen LogP) is 2.88. The average Bonchev–Trinajstić information content (AvgIpc) is 2.03. The third kappa shape index (κ3) is 2.00. The van der Waals surface area contributed by atoms with Crippen molar-refractivity contribution < 1.29 is 13.2 Å². The van der Waals surface area contributed by atoms with E-state index in [2.05, 4.69) is 6.58 Å². The summed E-state index contributed by atoms with van der Waals surface area (Å²) in [6, 6.07) is 1.51. The van der Waals surface area contributed by atoms with Crippen molar-refractivity contribution in [3.05, 3.63) is 35.5 Å². The molecule has 0 bridgehead atoms. The van der Waals surface area contributed by atoms with Gasteiger partial charge in [0.15, 0.2) is 0 Å². The molecule has 0 spiro atoms. The Morgan fingerprint density at radius 3 is 2.46 bits per heavy atom. The highest BCUT2D eigenvalue weighted by molar-refractivity contribution is 5.48. The molecule has 0 radical (unpaired) electrons. The summed E-state index contributed by atoms with van der Waals surface area (Å²) in [7, 11) is 0. The smallest absolute Gasteiger partial charge is 0.192 e. The zero-order chi connectivity index (χ0) is 10.1. The number of hydrogen-bond donors (Lipinski definition) is 0. The van der Waals surface area contributed by atoms with Gasteiger partial charge in [-0.1, -0.05) is 18.2 Å². The number of rotatable bonds is 0. The lowest BCUT2D eigenvalue weighted by atomic mass is 9.95. The van der Waals surface area contributed by atoms with Crippen LogP contribution in [0.1, 0.15) is 6.42 Å². The van der Waals surface area contributed by atoms with Crippen molar-refractivity contribution >= 4 is 0 Å². The normalized spacial score (nSPS) is 17.5. The second-order valence-electron chi connectivity index (χ2n) is 2.67. The fourth-order valence-corrected chi connectivity index (χ4v) is 1.04. The largest absolute Gasteiger partial charge is 0.414 e. The summed E-state index contributed by atoms with van der Waals surface area (Å²) in [6.45, 7) is 3.42. The number of allylic oxidation sites excluding steroid dienone is 5. The summed E-state index contributed by atoms with van der Waals surface area (Å²) in [4.78, 5) is 0. The highest BCUT2D eigenvalue weighted by atomic mass is 19.4. The Morgan fingerprint density at radius 2 is 2.00 bits per heavy atom. The zero-order valence-corrected chi connectivity index (χ0v) is 6.65. The van der Waals surface area contributed by atoms with E-state index >= 15 is 0 Å². The Hall–Kier alpha value is -1.50. The monoisotopic (exact) mass is 185 g/mol. The molecule has 0 atom stereocenters. The molecule has 1 aliphatic rings. The first kappa shape index (κ1) is 9.59. The average molecular weight is 185 g/mol. The van der Waals surface area contributed by atoms with E-state index in [1.807, 2.05) is 0 Å². The molecule has 0 aliphatic heterocycles. The lowest BCUT2D eigenvalue weighted by Gasteiger charge is -2.15. The van der Waals surface area contributed by atoms with Gasteiger partial charge in [-0.2, -0.15) is 18.4 Å². The first-order chi connectivity index (χ1) is 5.95. The van der Waals surface area contributed by atoms with Crippen molar-refractivity contribution in [3.8, 4) is 6.07 Å². The van der Waals surface area contributed by atoms with Crippen LogP contribution in [0.2, 0.25) is 0 Å². The second kappa shape index (κ2) is 3.09. The molecule has 1 nitrogen and oxygen atoms in total. The van der Waals surface area contributed by atoms with Crippen LogP contribution in [0.25, 0.3) is 0 Å². The number of hydrogen-bond acceptors (Lipinski definition) is 1. The van der Waals surface area contributed by atoms with Gasteiger partial charge in [-0.3, -0.25) is 0 Å². The standard InChI is InChI=1S/C9H6F3N/c1-6-2-3-7(5-13)8(4-6)9(10,11)12/h2-3H,1,4H2. The molecule has 0 saturated heterocycles. The van der Waals surface area contributed by atoms with Gasteiger partial charge in [-0.15, -0.1) is 0 Å². The van der Waals surface area contributed by atoms with Gasteiger partial charge >= 0.3 is 6.18 Å². The molecule has 68 valence electrons. The lowest BCUT2D eigenvalue weighted by molar-refractivity contribution is -0.0936. The first-order valence-corrected chi connectivity index (χ1v) is 3.51. The minimum absolute atomic E-state index is 0.289. The van der Waals surface area contributed by atoms with Crippen molar-refractivity contribution in [1.82, 2.24) is 0 Å². The molecule has 0 saturated carbocycles. The topological polar surface area (TPSA) is 23.8 Å². The van der Waals surface area contributed by atoms with E-state index in [1.54, 1.807) is 0 Å². The van der Waals surface area contributed by atoms with Crippen LogP contribution >= 0.6 is 0 Å². The maximum absolute atomic E-state index is 12.3. The Labute approximate surface area is 73.5 Å². The van der Waals surface area contributed by atoms with Gasteiger partial charge in [0.2, 0.25) is 0 Å². The van der Waals surface area contributed by atoms with Crippen LogP contribution < -0.4 is 0 Å². The molecule has 0 aromatic heterocycles. The maximum Gasteiger partial charge on any atom is 0.414 e. The van der Waals surface area contributed by atoms with Crippen LogP contribution in [0.3, 0.4) is 0 Å². The number of nitrogens with zero attached hydrogens (tertiary/aromatic N) is 1. The minimum Gasteiger partial charge on any atom is -0.192 e. The lowest BCUT2D eigenvalue weighted by Crippen LogP contribution is -2.15. The molecule has 0 aromatic carbocycles. The van der Waals surface area contributed by atoms with Gasteiger partial charge < -0.3 is 0 Å². The van der Waals surface area contributed by atoms with Crippen molar-refractivity contribution in [2.75, 3.05) is 0 Å². The van der Waals surface area contributed by atoms with Gasteiger partial charge in [0.05, 0.1) is 17.2 Å². The van der Waals surface area contributed by atoms with Gasteiger partial charge in [0, 0.05) is 6.42 Å². The van der Waals surface area contributed by atoms with E-state index < -0.39 is 11.7 Å². The van der Waals surface area contributed by atoms with Gasteiger partial charge in [-0.25, -0.2) is 0 Å². The Balaban J connectivity index is 3.16. The molecule has 0 heterocycles. The summed E-state index contributed by atoms with van der Waals surface area (Å²) in [5, 5.41) is 8.42. The number of alkyl halides is 3. The van der Waals surface area contributed by atoms with Crippen LogP contribution in [-0.2, 0) is 0 Å².